The van der Waals surface area contributed by atoms with Gasteiger partial charge in [0.2, 0.25) is 5.96 Å². The smallest absolute Gasteiger partial charge is 0.253 e. The number of nitrogens with two attached hydrogens (primary N) is 2. The zero-order valence-electron chi connectivity index (χ0n) is 22.9. The Morgan fingerprint density at radius 1 is 1.08 bits per heavy atom. The first kappa shape index (κ1) is 29.6. The van der Waals surface area contributed by atoms with E-state index in [9.17, 15) is 4.79 Å². The van der Waals surface area contributed by atoms with Crippen LogP contribution in [0.3, 0.4) is 0 Å². The molecule has 11 nitrogen and oxygen atoms in total. The molecule has 0 saturated carbocycles. The standard InChI is InChI=1S/C28H38N8O2.H3N.2H2/c1-19-23(9-4-3-5-12-36(32)28(31)34(19)2)27(37)33-21-10-11-25(29)24(18-21)26(30)20-7-6-8-22(17-20)35-13-15-38-16-14-35;;;/h6-8,10-11,17-18,30-31H,3-5,9,12-16,29,32H2,1-2H3,(H,33,37);1H3;2*1H/b23-19+,30-26?,31-28?;;;. The lowest BCUT2D eigenvalue weighted by Gasteiger charge is -2.30. The molecule has 0 radical (unpaired) electrons. The highest BCUT2D eigenvalue weighted by molar-refractivity contribution is 6.15. The van der Waals surface area contributed by atoms with Crippen molar-refractivity contribution >= 4 is 34.6 Å². The van der Waals surface area contributed by atoms with Crippen molar-refractivity contribution in [3.63, 3.8) is 0 Å². The summed E-state index contributed by atoms with van der Waals surface area (Å²) in [6.45, 7) is 5.45. The van der Waals surface area contributed by atoms with Gasteiger partial charge in [-0.1, -0.05) is 18.6 Å². The van der Waals surface area contributed by atoms with Gasteiger partial charge in [0.05, 0.1) is 18.9 Å². The Morgan fingerprint density at radius 3 is 2.56 bits per heavy atom. The Morgan fingerprint density at radius 2 is 1.82 bits per heavy atom. The summed E-state index contributed by atoms with van der Waals surface area (Å²) in [5.41, 5.74) is 11.2. The first-order chi connectivity index (χ1) is 18.3. The summed E-state index contributed by atoms with van der Waals surface area (Å²) in [7, 11) is 1.75. The number of hydrogen-bond donors (Lipinski definition) is 6. The molecule has 0 unspecified atom stereocenters. The Labute approximate surface area is 233 Å². The Kier molecular flexibility index (Phi) is 10.0. The van der Waals surface area contributed by atoms with E-state index in [0.29, 0.717) is 60.1 Å². The molecule has 2 heterocycles. The highest BCUT2D eigenvalue weighted by atomic mass is 16.5. The number of anilines is 3. The maximum absolute atomic E-state index is 13.4. The van der Waals surface area contributed by atoms with Gasteiger partial charge in [-0.05, 0) is 56.5 Å². The highest BCUT2D eigenvalue weighted by Crippen LogP contribution is 2.26. The number of allylic oxidation sites excluding steroid dienone is 1. The fourth-order valence-corrected chi connectivity index (χ4v) is 4.77. The van der Waals surface area contributed by atoms with Crippen LogP contribution in [0.15, 0.2) is 53.7 Å². The molecular weight excluding hydrogens is 494 g/mol. The second-order valence-electron chi connectivity index (χ2n) is 9.73. The Bertz CT molecular complexity index is 1250. The van der Waals surface area contributed by atoms with Crippen LogP contribution in [-0.2, 0) is 9.53 Å². The van der Waals surface area contributed by atoms with Crippen LogP contribution in [0.2, 0.25) is 0 Å². The minimum atomic E-state index is -0.233. The van der Waals surface area contributed by atoms with Gasteiger partial charge in [0.15, 0.2) is 0 Å². The average Bonchev–Trinajstić information content (AvgIpc) is 2.94. The van der Waals surface area contributed by atoms with E-state index in [-0.39, 0.29) is 20.9 Å². The van der Waals surface area contributed by atoms with Crippen molar-refractivity contribution in [1.82, 2.24) is 16.1 Å². The van der Waals surface area contributed by atoms with E-state index >= 15 is 0 Å². The van der Waals surface area contributed by atoms with Gasteiger partial charge in [-0.25, -0.2) is 5.84 Å². The van der Waals surface area contributed by atoms with Crippen LogP contribution in [-0.4, -0.2) is 67.4 Å². The zero-order valence-corrected chi connectivity index (χ0v) is 22.9. The zero-order chi connectivity index (χ0) is 27.2. The van der Waals surface area contributed by atoms with Crippen LogP contribution in [0, 0.1) is 10.8 Å². The summed E-state index contributed by atoms with van der Waals surface area (Å²) in [5.74, 6) is 5.95. The maximum Gasteiger partial charge on any atom is 0.253 e. The molecular formula is C28H45N9O2. The lowest BCUT2D eigenvalue weighted by molar-refractivity contribution is -0.113. The number of rotatable bonds is 5. The number of nitrogens with one attached hydrogen (secondary N) is 3. The van der Waals surface area contributed by atoms with Crippen LogP contribution < -0.4 is 27.9 Å². The monoisotopic (exact) mass is 539 g/mol. The molecule has 0 atom stereocenters. The number of hydrogen-bond acceptors (Lipinski definition) is 8. The molecule has 214 valence electrons. The van der Waals surface area contributed by atoms with Crippen LogP contribution >= 0.6 is 0 Å². The van der Waals surface area contributed by atoms with E-state index in [2.05, 4.69) is 10.2 Å². The van der Waals surface area contributed by atoms with Crippen LogP contribution in [0.4, 0.5) is 17.1 Å². The van der Waals surface area contributed by atoms with E-state index in [1.165, 1.54) is 5.01 Å². The Balaban J connectivity index is 0.00000280. The Hall–Kier alpha value is -3.93. The lowest BCUT2D eigenvalue weighted by atomic mass is 9.99. The van der Waals surface area contributed by atoms with Gasteiger partial charge in [-0.3, -0.25) is 20.6 Å². The van der Waals surface area contributed by atoms with Gasteiger partial charge in [0.25, 0.3) is 5.91 Å². The van der Waals surface area contributed by atoms with E-state index in [1.807, 2.05) is 31.2 Å². The molecule has 0 spiro atoms. The van der Waals surface area contributed by atoms with Gasteiger partial charge in [0, 0.05) is 69.0 Å². The molecule has 1 amide bonds. The van der Waals surface area contributed by atoms with E-state index in [1.54, 1.807) is 30.1 Å². The summed E-state index contributed by atoms with van der Waals surface area (Å²) in [6, 6.07) is 13.1. The molecule has 4 rings (SSSR count). The molecule has 2 aliphatic rings. The minimum Gasteiger partial charge on any atom is -0.398 e. The van der Waals surface area contributed by atoms with Crippen molar-refractivity contribution in [2.45, 2.75) is 32.6 Å². The normalized spacial score (nSPS) is 18.8. The molecule has 39 heavy (non-hydrogen) atoms. The summed E-state index contributed by atoms with van der Waals surface area (Å²) >= 11 is 0. The predicted molar refractivity (Wildman–Crippen MR) is 162 cm³/mol. The first-order valence-electron chi connectivity index (χ1n) is 13.0. The number of carbonyl (C=O) groups is 1. The molecule has 0 aromatic heterocycles. The number of nitrogen functional groups attached to an aromatic ring is 1. The number of carbonyl (C=O) groups excluding carboxylic acids is 1. The molecule has 0 bridgehead atoms. The number of guanidine groups is 1. The molecule has 1 fully saturated rings. The van der Waals surface area contributed by atoms with Crippen molar-refractivity contribution < 1.29 is 12.4 Å². The number of benzene rings is 2. The summed E-state index contributed by atoms with van der Waals surface area (Å²) in [6.07, 6.45) is 3.23. The molecule has 0 aliphatic carbocycles. The SMILES string of the molecule is C/C1=C(\C(=O)Nc2ccc(N)c(C(=N)c3cccc(N4CCOCC4)c3)c2)CCCCCN(N)C(=N)N1C.N.[HH].[HH]. The van der Waals surface area contributed by atoms with Crippen LogP contribution in [0.5, 0.6) is 0 Å². The molecule has 2 aliphatic heterocycles. The molecule has 2 aromatic carbocycles. The number of nitrogens with zero attached hydrogens (tertiary/aromatic N) is 3. The van der Waals surface area contributed by atoms with Crippen molar-refractivity contribution in [2.24, 2.45) is 5.84 Å². The van der Waals surface area contributed by atoms with Gasteiger partial charge in [-0.15, -0.1) is 0 Å². The average molecular weight is 540 g/mol. The lowest BCUT2D eigenvalue weighted by Crippen LogP contribution is -2.46. The fourth-order valence-electron chi connectivity index (χ4n) is 4.77. The third-order valence-electron chi connectivity index (χ3n) is 7.22. The number of amides is 1. The van der Waals surface area contributed by atoms with Crippen molar-refractivity contribution in [3.05, 3.63) is 64.9 Å². The third kappa shape index (κ3) is 6.94. The fraction of sp³-hybridized carbons (Fsp3) is 0.393. The number of hydrazine groups is 1. The number of ether oxygens (including phenoxy) is 1. The van der Waals surface area contributed by atoms with Gasteiger partial charge in [0.1, 0.15) is 0 Å². The van der Waals surface area contributed by atoms with Crippen LogP contribution in [0.25, 0.3) is 0 Å². The molecule has 1 saturated heterocycles. The highest BCUT2D eigenvalue weighted by Gasteiger charge is 2.22. The van der Waals surface area contributed by atoms with Crippen molar-refractivity contribution in [2.75, 3.05) is 55.8 Å². The quantitative estimate of drug-likeness (QED) is 0.187. The van der Waals surface area contributed by atoms with Crippen molar-refractivity contribution in [3.8, 4) is 0 Å². The predicted octanol–water partition coefficient (Wildman–Crippen LogP) is 4.00. The van der Waals surface area contributed by atoms with Crippen molar-refractivity contribution in [1.29, 1.82) is 10.8 Å². The molecule has 2 aromatic rings. The second-order valence-corrected chi connectivity index (χ2v) is 9.73. The first-order valence-corrected chi connectivity index (χ1v) is 13.0. The largest absolute Gasteiger partial charge is 0.398 e. The van der Waals surface area contributed by atoms with E-state index in [0.717, 1.165) is 43.6 Å². The number of morpholine rings is 1. The van der Waals surface area contributed by atoms with Crippen LogP contribution in [0.1, 0.15) is 46.6 Å². The second kappa shape index (κ2) is 13.2. The molecule has 11 heteroatoms. The maximum atomic E-state index is 13.4. The molecule has 10 N–H and O–H groups in total. The van der Waals surface area contributed by atoms with Gasteiger partial charge < -0.3 is 31.7 Å². The van der Waals surface area contributed by atoms with E-state index < -0.39 is 0 Å². The third-order valence-corrected chi connectivity index (χ3v) is 7.22. The van der Waals surface area contributed by atoms with E-state index in [4.69, 9.17) is 27.1 Å². The summed E-state index contributed by atoms with van der Waals surface area (Å²) in [4.78, 5) is 17.3. The topological polar surface area (TPSA) is 183 Å². The minimum absolute atomic E-state index is 0. The summed E-state index contributed by atoms with van der Waals surface area (Å²) < 4.78 is 5.46. The van der Waals surface area contributed by atoms with Gasteiger partial charge in [-0.2, -0.15) is 0 Å². The summed E-state index contributed by atoms with van der Waals surface area (Å²) in [5, 5.41) is 21.7. The van der Waals surface area contributed by atoms with Gasteiger partial charge >= 0.3 is 0 Å².